The Kier molecular flexibility index (Phi) is 2.42. The number of allylic oxidation sites excluding steroid dienone is 2. The summed E-state index contributed by atoms with van der Waals surface area (Å²) in [5.41, 5.74) is 0. The third-order valence-corrected chi connectivity index (χ3v) is 0.289. The molecule has 22 valence electrons. The second-order valence-electron chi connectivity index (χ2n) is 0.577. The third-order valence-electron chi connectivity index (χ3n) is 0.289. The highest BCUT2D eigenvalue weighted by Crippen LogP contribution is 1.54. The smallest absolute Gasteiger partial charge is 0.00332 e. The molecule has 0 aliphatic rings. The summed E-state index contributed by atoms with van der Waals surface area (Å²) in [6.45, 7) is 3.82. The molecule has 0 aliphatic heterocycles. The van der Waals surface area contributed by atoms with Crippen molar-refractivity contribution in [1.82, 2.24) is 0 Å². The predicted octanol–water partition coefficient (Wildman–Crippen LogP) is 1.39. The molecule has 0 unspecified atom stereocenters. The topological polar surface area (TPSA) is 0 Å². The van der Waals surface area contributed by atoms with Crippen LogP contribution in [0.5, 0.6) is 0 Å². The standard InChI is InChI=1S/C4H7/c1-3-4-2/h3H,1-2H3/q+1. The van der Waals surface area contributed by atoms with E-state index in [1.165, 1.54) is 0 Å². The third kappa shape index (κ3) is 1.65. The van der Waals surface area contributed by atoms with Crippen LogP contribution in [0.3, 0.4) is 0 Å². The molecule has 0 bridgehead atoms. The van der Waals surface area contributed by atoms with E-state index in [4.69, 9.17) is 0 Å². The lowest BCUT2D eigenvalue weighted by Crippen LogP contribution is -1.29. The Hall–Kier alpha value is -0.350. The fraction of sp³-hybridized carbons (Fsp3) is 0.500. The fourth-order valence-electron chi connectivity index (χ4n) is 0. The van der Waals surface area contributed by atoms with Crippen LogP contribution >= 0.6 is 0 Å². The van der Waals surface area contributed by atoms with E-state index < -0.39 is 0 Å². The molecule has 0 saturated carbocycles. The van der Waals surface area contributed by atoms with Crippen molar-refractivity contribution in [3.8, 4) is 0 Å². The Bertz CT molecular complexity index is 15.2. The molecule has 0 nitrogen and oxygen atoms in total. The van der Waals surface area contributed by atoms with Crippen molar-refractivity contribution < 1.29 is 0 Å². The predicted molar refractivity (Wildman–Crippen MR) is 19.2 cm³/mol. The van der Waals surface area contributed by atoms with Crippen molar-refractivity contribution in [3.05, 3.63) is 12.2 Å². The normalized spacial score (nSPS) is 7.50. The van der Waals surface area contributed by atoms with Crippen LogP contribution in [-0.2, 0) is 0 Å². The van der Waals surface area contributed by atoms with E-state index in [9.17, 15) is 0 Å². The van der Waals surface area contributed by atoms with Crippen molar-refractivity contribution in [2.24, 2.45) is 0 Å². The summed E-state index contributed by atoms with van der Waals surface area (Å²) in [6.07, 6.45) is 4.68. The SMILES string of the molecule is C[C+]=CC. The maximum absolute atomic E-state index is 2.81. The van der Waals surface area contributed by atoms with Crippen LogP contribution in [0.15, 0.2) is 6.08 Å². The first-order valence-corrected chi connectivity index (χ1v) is 1.37. The molecule has 0 fully saturated rings. The molecule has 0 heterocycles. The molecule has 0 heteroatoms. The molecule has 0 amide bonds. The second-order valence-corrected chi connectivity index (χ2v) is 0.577. The molecule has 0 atom stereocenters. The maximum atomic E-state index is 2.81. The van der Waals surface area contributed by atoms with Gasteiger partial charge in [-0.05, 0) is 0 Å². The average molecular weight is 55.1 g/mol. The lowest BCUT2D eigenvalue weighted by molar-refractivity contribution is 1.58. The summed E-state index contributed by atoms with van der Waals surface area (Å²) in [5.74, 6) is 0. The van der Waals surface area contributed by atoms with Crippen LogP contribution in [0.1, 0.15) is 13.8 Å². The number of rotatable bonds is 0. The minimum atomic E-state index is 1.88. The van der Waals surface area contributed by atoms with Crippen molar-refractivity contribution in [2.75, 3.05) is 0 Å². The van der Waals surface area contributed by atoms with Crippen molar-refractivity contribution >= 4 is 0 Å². The van der Waals surface area contributed by atoms with Gasteiger partial charge in [0.2, 0.25) is 6.08 Å². The van der Waals surface area contributed by atoms with Gasteiger partial charge in [0.05, 0.1) is 0 Å². The largest absolute Gasteiger partial charge is 0.214 e. The van der Waals surface area contributed by atoms with Gasteiger partial charge in [-0.3, -0.25) is 0 Å². The van der Waals surface area contributed by atoms with E-state index in [-0.39, 0.29) is 0 Å². The van der Waals surface area contributed by atoms with Crippen LogP contribution in [0, 0.1) is 6.08 Å². The molecule has 0 radical (unpaired) electrons. The lowest BCUT2D eigenvalue weighted by Gasteiger charge is -1.27. The minimum Gasteiger partial charge on any atom is 0.00332 e. The van der Waals surface area contributed by atoms with Gasteiger partial charge in [0.1, 0.15) is 6.08 Å². The van der Waals surface area contributed by atoms with Crippen molar-refractivity contribution in [3.63, 3.8) is 0 Å². The molecule has 0 aliphatic carbocycles. The first-order chi connectivity index (χ1) is 1.91. The van der Waals surface area contributed by atoms with Gasteiger partial charge >= 0.3 is 0 Å². The van der Waals surface area contributed by atoms with Gasteiger partial charge in [-0.2, -0.15) is 0 Å². The monoisotopic (exact) mass is 55.1 g/mol. The van der Waals surface area contributed by atoms with E-state index >= 15 is 0 Å². The Labute approximate surface area is 27.1 Å². The molecule has 0 aromatic heterocycles. The van der Waals surface area contributed by atoms with E-state index in [2.05, 4.69) is 6.08 Å². The summed E-state index contributed by atoms with van der Waals surface area (Å²) >= 11 is 0. The highest BCUT2D eigenvalue weighted by atomic mass is 13.4. The van der Waals surface area contributed by atoms with Gasteiger partial charge in [0, 0.05) is 6.92 Å². The van der Waals surface area contributed by atoms with E-state index in [0.717, 1.165) is 0 Å². The Morgan fingerprint density at radius 2 is 2.00 bits per heavy atom. The summed E-state index contributed by atoms with van der Waals surface area (Å²) in [7, 11) is 0. The maximum Gasteiger partial charge on any atom is 0.214 e. The zero-order chi connectivity index (χ0) is 3.41. The molecule has 0 spiro atoms. The highest BCUT2D eigenvalue weighted by Gasteiger charge is 1.57. The number of hydrogen-bond acceptors (Lipinski definition) is 0. The molecule has 0 aromatic carbocycles. The van der Waals surface area contributed by atoms with Crippen molar-refractivity contribution in [1.29, 1.82) is 0 Å². The molecular formula is C4H7+. The minimum absolute atomic E-state index is 1.88. The first-order valence-electron chi connectivity index (χ1n) is 1.37. The second kappa shape index (κ2) is 2.65. The van der Waals surface area contributed by atoms with Crippen LogP contribution in [0.25, 0.3) is 0 Å². The average Bonchev–Trinajstić information content (AvgIpc) is 1.37. The van der Waals surface area contributed by atoms with E-state index in [1.807, 2.05) is 19.9 Å². The fourth-order valence-corrected chi connectivity index (χ4v) is 0. The van der Waals surface area contributed by atoms with E-state index in [0.29, 0.717) is 0 Å². The Balaban J connectivity index is 2.55. The van der Waals surface area contributed by atoms with Gasteiger partial charge in [0.25, 0.3) is 0 Å². The number of hydrogen-bond donors (Lipinski definition) is 0. The summed E-state index contributed by atoms with van der Waals surface area (Å²) in [4.78, 5) is 0. The molecule has 4 heavy (non-hydrogen) atoms. The Morgan fingerprint density at radius 1 is 1.75 bits per heavy atom. The van der Waals surface area contributed by atoms with Crippen LogP contribution in [0.2, 0.25) is 0 Å². The van der Waals surface area contributed by atoms with Gasteiger partial charge in [-0.25, -0.2) is 0 Å². The quantitative estimate of drug-likeness (QED) is 0.367. The molecule has 0 rings (SSSR count). The zero-order valence-electron chi connectivity index (χ0n) is 3.08. The zero-order valence-corrected chi connectivity index (χ0v) is 3.08. The van der Waals surface area contributed by atoms with Gasteiger partial charge < -0.3 is 0 Å². The van der Waals surface area contributed by atoms with Crippen LogP contribution in [0.4, 0.5) is 0 Å². The summed E-state index contributed by atoms with van der Waals surface area (Å²) in [5, 5.41) is 0. The van der Waals surface area contributed by atoms with Crippen LogP contribution < -0.4 is 0 Å². The van der Waals surface area contributed by atoms with Crippen LogP contribution in [-0.4, -0.2) is 0 Å². The molecule has 0 saturated heterocycles. The van der Waals surface area contributed by atoms with Gasteiger partial charge in [0.15, 0.2) is 6.92 Å². The molecular weight excluding hydrogens is 48.0 g/mol. The molecule has 0 aromatic rings. The van der Waals surface area contributed by atoms with Gasteiger partial charge in [-0.1, -0.05) is 0 Å². The lowest BCUT2D eigenvalue weighted by atomic mass is 10.6. The Morgan fingerprint density at radius 3 is 2.00 bits per heavy atom. The molecule has 0 N–H and O–H groups in total. The summed E-state index contributed by atoms with van der Waals surface area (Å²) < 4.78 is 0. The first kappa shape index (κ1) is 3.65. The van der Waals surface area contributed by atoms with E-state index in [1.54, 1.807) is 0 Å². The summed E-state index contributed by atoms with van der Waals surface area (Å²) in [6, 6.07) is 0. The highest BCUT2D eigenvalue weighted by molar-refractivity contribution is 4.58. The van der Waals surface area contributed by atoms with Gasteiger partial charge in [-0.15, -0.1) is 0 Å². The van der Waals surface area contributed by atoms with Crippen molar-refractivity contribution in [2.45, 2.75) is 13.8 Å².